The Hall–Kier alpha value is -0.770. The van der Waals surface area contributed by atoms with Crippen LogP contribution in [0.1, 0.15) is 46.0 Å². The van der Waals surface area contributed by atoms with Crippen molar-refractivity contribution >= 4 is 6.09 Å². The molecule has 0 N–H and O–H groups in total. The maximum atomic E-state index is 11.8. The third-order valence-corrected chi connectivity index (χ3v) is 3.72. The lowest BCUT2D eigenvalue weighted by Crippen LogP contribution is -2.31. The Morgan fingerprint density at radius 3 is 2.78 bits per heavy atom. The molecule has 1 aliphatic heterocycles. The van der Waals surface area contributed by atoms with Crippen molar-refractivity contribution in [3.63, 3.8) is 0 Å². The van der Waals surface area contributed by atoms with Gasteiger partial charge in [-0.25, -0.2) is 4.79 Å². The summed E-state index contributed by atoms with van der Waals surface area (Å²) in [6, 6.07) is 0. The molecule has 0 bridgehead atoms. The van der Waals surface area contributed by atoms with E-state index in [1.54, 1.807) is 12.0 Å². The molecule has 0 saturated carbocycles. The first-order chi connectivity index (χ1) is 8.71. The van der Waals surface area contributed by atoms with Gasteiger partial charge in [-0.2, -0.15) is 0 Å². The minimum Gasteiger partial charge on any atom is -0.449 e. The van der Waals surface area contributed by atoms with E-state index >= 15 is 0 Å². The summed E-state index contributed by atoms with van der Waals surface area (Å²) in [7, 11) is 1.69. The summed E-state index contributed by atoms with van der Waals surface area (Å²) >= 11 is 0. The first-order valence-corrected chi connectivity index (χ1v) is 7.15. The highest BCUT2D eigenvalue weighted by atomic mass is 16.6. The van der Waals surface area contributed by atoms with Gasteiger partial charge in [0.05, 0.1) is 19.3 Å². The van der Waals surface area contributed by atoms with Crippen molar-refractivity contribution < 1.29 is 14.3 Å². The molecule has 0 aromatic carbocycles. The molecule has 1 fully saturated rings. The lowest BCUT2D eigenvalue weighted by molar-refractivity contribution is 0.0776. The number of amides is 1. The van der Waals surface area contributed by atoms with Gasteiger partial charge < -0.3 is 14.4 Å². The maximum absolute atomic E-state index is 11.8. The smallest absolute Gasteiger partial charge is 0.409 e. The van der Waals surface area contributed by atoms with Crippen LogP contribution in [0.5, 0.6) is 0 Å². The van der Waals surface area contributed by atoms with E-state index in [0.29, 0.717) is 19.1 Å². The standard InChI is InChI=1S/C14H27NO3/c1-4-6-7-12(5-2)11-18-14(16)15-9-8-13(10-15)17-3/h12-13H,4-11H2,1-3H3. The van der Waals surface area contributed by atoms with Gasteiger partial charge >= 0.3 is 6.09 Å². The Labute approximate surface area is 111 Å². The van der Waals surface area contributed by atoms with Gasteiger partial charge in [0.15, 0.2) is 0 Å². The minimum absolute atomic E-state index is 0.176. The zero-order chi connectivity index (χ0) is 13.4. The van der Waals surface area contributed by atoms with Crippen molar-refractivity contribution in [1.82, 2.24) is 4.90 Å². The molecule has 4 nitrogen and oxygen atoms in total. The maximum Gasteiger partial charge on any atom is 0.409 e. The van der Waals surface area contributed by atoms with E-state index in [9.17, 15) is 4.79 Å². The summed E-state index contributed by atoms with van der Waals surface area (Å²) in [5.74, 6) is 0.509. The first-order valence-electron chi connectivity index (χ1n) is 7.15. The fraction of sp³-hybridized carbons (Fsp3) is 0.929. The van der Waals surface area contributed by atoms with E-state index < -0.39 is 0 Å². The normalized spacial score (nSPS) is 21.1. The molecule has 1 amide bonds. The minimum atomic E-state index is -0.176. The van der Waals surface area contributed by atoms with E-state index in [1.165, 1.54) is 12.8 Å². The Morgan fingerprint density at radius 1 is 1.44 bits per heavy atom. The molecular weight excluding hydrogens is 230 g/mol. The fourth-order valence-corrected chi connectivity index (χ4v) is 2.26. The summed E-state index contributed by atoms with van der Waals surface area (Å²) in [5, 5.41) is 0. The Balaban J connectivity index is 2.23. The highest BCUT2D eigenvalue weighted by molar-refractivity contribution is 5.68. The van der Waals surface area contributed by atoms with Gasteiger partial charge in [0.25, 0.3) is 0 Å². The molecule has 18 heavy (non-hydrogen) atoms. The van der Waals surface area contributed by atoms with E-state index in [-0.39, 0.29) is 12.2 Å². The van der Waals surface area contributed by atoms with Crippen molar-refractivity contribution in [2.24, 2.45) is 5.92 Å². The number of carbonyl (C=O) groups is 1. The Morgan fingerprint density at radius 2 is 2.22 bits per heavy atom. The molecule has 0 aromatic heterocycles. The van der Waals surface area contributed by atoms with E-state index in [4.69, 9.17) is 9.47 Å². The molecule has 106 valence electrons. The molecule has 0 spiro atoms. The van der Waals surface area contributed by atoms with E-state index in [0.717, 1.165) is 25.8 Å². The number of unbranched alkanes of at least 4 members (excludes halogenated alkanes) is 1. The van der Waals surface area contributed by atoms with Crippen LogP contribution in [-0.4, -0.2) is 43.9 Å². The predicted octanol–water partition coefficient (Wildman–Crippen LogP) is 3.06. The second kappa shape index (κ2) is 8.35. The lowest BCUT2D eigenvalue weighted by atomic mass is 10.0. The Kier molecular flexibility index (Phi) is 7.09. The van der Waals surface area contributed by atoms with Crippen LogP contribution < -0.4 is 0 Å². The number of carbonyl (C=O) groups excluding carboxylic acids is 1. The van der Waals surface area contributed by atoms with Crippen molar-refractivity contribution in [3.8, 4) is 0 Å². The zero-order valence-corrected chi connectivity index (χ0v) is 12.0. The number of hydrogen-bond acceptors (Lipinski definition) is 3. The largest absolute Gasteiger partial charge is 0.449 e. The zero-order valence-electron chi connectivity index (χ0n) is 12.0. The van der Waals surface area contributed by atoms with Crippen LogP contribution >= 0.6 is 0 Å². The monoisotopic (exact) mass is 257 g/mol. The fourth-order valence-electron chi connectivity index (χ4n) is 2.26. The lowest BCUT2D eigenvalue weighted by Gasteiger charge is -2.19. The van der Waals surface area contributed by atoms with Gasteiger partial charge in [0.2, 0.25) is 0 Å². The summed E-state index contributed by atoms with van der Waals surface area (Å²) in [4.78, 5) is 13.6. The average Bonchev–Trinajstić information content (AvgIpc) is 2.87. The summed E-state index contributed by atoms with van der Waals surface area (Å²) < 4.78 is 10.6. The van der Waals surface area contributed by atoms with Gasteiger partial charge in [-0.15, -0.1) is 0 Å². The number of rotatable bonds is 7. The number of methoxy groups -OCH3 is 1. The third-order valence-electron chi connectivity index (χ3n) is 3.72. The molecule has 4 heteroatoms. The van der Waals surface area contributed by atoms with Crippen molar-refractivity contribution in [2.45, 2.75) is 52.1 Å². The van der Waals surface area contributed by atoms with Crippen LogP contribution in [0, 0.1) is 5.92 Å². The van der Waals surface area contributed by atoms with Gasteiger partial charge in [-0.05, 0) is 18.8 Å². The summed E-state index contributed by atoms with van der Waals surface area (Å²) in [6.45, 7) is 6.33. The molecule has 2 atom stereocenters. The molecule has 0 aromatic rings. The second-order valence-corrected chi connectivity index (χ2v) is 5.09. The van der Waals surface area contributed by atoms with Crippen molar-refractivity contribution in [1.29, 1.82) is 0 Å². The van der Waals surface area contributed by atoms with Crippen molar-refractivity contribution in [3.05, 3.63) is 0 Å². The van der Waals surface area contributed by atoms with Crippen molar-refractivity contribution in [2.75, 3.05) is 26.8 Å². The molecule has 0 aliphatic carbocycles. The number of ether oxygens (including phenoxy) is 2. The van der Waals surface area contributed by atoms with Crippen LogP contribution in [0.3, 0.4) is 0 Å². The molecule has 1 aliphatic rings. The molecule has 1 saturated heterocycles. The number of likely N-dealkylation sites (tertiary alicyclic amines) is 1. The highest BCUT2D eigenvalue weighted by Gasteiger charge is 2.27. The third kappa shape index (κ3) is 4.84. The van der Waals surface area contributed by atoms with Gasteiger partial charge in [-0.1, -0.05) is 33.1 Å². The summed E-state index contributed by atoms with van der Waals surface area (Å²) in [5.41, 5.74) is 0. The number of nitrogens with zero attached hydrogens (tertiary/aromatic N) is 1. The second-order valence-electron chi connectivity index (χ2n) is 5.09. The molecule has 0 radical (unpaired) electrons. The van der Waals surface area contributed by atoms with Crippen LogP contribution in [0.15, 0.2) is 0 Å². The molecule has 1 heterocycles. The quantitative estimate of drug-likeness (QED) is 0.703. The van der Waals surface area contributed by atoms with Gasteiger partial charge in [-0.3, -0.25) is 0 Å². The van der Waals surface area contributed by atoms with Gasteiger partial charge in [0.1, 0.15) is 0 Å². The molecular formula is C14H27NO3. The Bertz CT molecular complexity index is 245. The van der Waals surface area contributed by atoms with Crippen LogP contribution in [-0.2, 0) is 9.47 Å². The molecule has 2 unspecified atom stereocenters. The predicted molar refractivity (Wildman–Crippen MR) is 71.6 cm³/mol. The SMILES string of the molecule is CCCCC(CC)COC(=O)N1CCC(OC)C1. The van der Waals surface area contributed by atoms with E-state index in [1.807, 2.05) is 0 Å². The van der Waals surface area contributed by atoms with Crippen LogP contribution in [0.2, 0.25) is 0 Å². The van der Waals surface area contributed by atoms with Crippen LogP contribution in [0.4, 0.5) is 4.79 Å². The molecule has 1 rings (SSSR count). The highest BCUT2D eigenvalue weighted by Crippen LogP contribution is 2.16. The average molecular weight is 257 g/mol. The van der Waals surface area contributed by atoms with E-state index in [2.05, 4.69) is 13.8 Å². The topological polar surface area (TPSA) is 38.8 Å². The summed E-state index contributed by atoms with van der Waals surface area (Å²) in [6.07, 6.45) is 5.56. The van der Waals surface area contributed by atoms with Gasteiger partial charge in [0, 0.05) is 13.7 Å². The number of hydrogen-bond donors (Lipinski definition) is 0. The van der Waals surface area contributed by atoms with Crippen LogP contribution in [0.25, 0.3) is 0 Å². The first kappa shape index (κ1) is 15.3.